The van der Waals surface area contributed by atoms with Crippen LogP contribution in [0.25, 0.3) is 10.9 Å². The van der Waals surface area contributed by atoms with Crippen molar-refractivity contribution in [3.63, 3.8) is 0 Å². The topological polar surface area (TPSA) is 64.0 Å². The molecule has 0 bridgehead atoms. The molecule has 0 saturated heterocycles. The maximum Gasteiger partial charge on any atom is 0.261 e. The van der Waals surface area contributed by atoms with E-state index in [9.17, 15) is 9.59 Å². The highest BCUT2D eigenvalue weighted by atomic mass is 35.5. The Kier molecular flexibility index (Phi) is 4.76. The van der Waals surface area contributed by atoms with Crippen LogP contribution in [-0.2, 0) is 11.3 Å². The lowest BCUT2D eigenvalue weighted by molar-refractivity contribution is -0.116. The highest BCUT2D eigenvalue weighted by molar-refractivity contribution is 6.38. The molecule has 0 aliphatic heterocycles. The molecule has 24 heavy (non-hydrogen) atoms. The zero-order valence-electron chi connectivity index (χ0n) is 12.1. The van der Waals surface area contributed by atoms with Crippen LogP contribution in [0.4, 0.5) is 5.69 Å². The van der Waals surface area contributed by atoms with Gasteiger partial charge in [0.1, 0.15) is 6.54 Å². The predicted octanol–water partition coefficient (Wildman–Crippen LogP) is 4.00. The monoisotopic (exact) mass is 381 g/mol. The molecule has 1 aromatic heterocycles. The van der Waals surface area contributed by atoms with Gasteiger partial charge in [-0.05, 0) is 30.3 Å². The number of aromatic nitrogens is 2. The Balaban J connectivity index is 1.89. The fraction of sp³-hybridized carbons (Fsp3) is 0.0625. The van der Waals surface area contributed by atoms with Crippen molar-refractivity contribution in [2.45, 2.75) is 6.54 Å². The van der Waals surface area contributed by atoms with Gasteiger partial charge in [0.2, 0.25) is 5.91 Å². The number of halogens is 3. The van der Waals surface area contributed by atoms with E-state index < -0.39 is 5.56 Å². The minimum absolute atomic E-state index is 0.196. The second kappa shape index (κ2) is 6.81. The van der Waals surface area contributed by atoms with Crippen molar-refractivity contribution in [2.24, 2.45) is 0 Å². The molecule has 122 valence electrons. The summed E-state index contributed by atoms with van der Waals surface area (Å²) in [5.41, 5.74) is 0.489. The molecule has 0 radical (unpaired) electrons. The number of hydrogen-bond acceptors (Lipinski definition) is 3. The zero-order valence-corrected chi connectivity index (χ0v) is 14.4. The molecule has 1 N–H and O–H groups in total. The maximum absolute atomic E-state index is 12.5. The van der Waals surface area contributed by atoms with Crippen LogP contribution in [0.3, 0.4) is 0 Å². The highest BCUT2D eigenvalue weighted by Gasteiger charge is 2.11. The van der Waals surface area contributed by atoms with Crippen LogP contribution in [0.1, 0.15) is 0 Å². The van der Waals surface area contributed by atoms with E-state index in [0.29, 0.717) is 21.2 Å². The van der Waals surface area contributed by atoms with Gasteiger partial charge in [-0.1, -0.05) is 40.9 Å². The Morgan fingerprint density at radius 3 is 2.67 bits per heavy atom. The van der Waals surface area contributed by atoms with E-state index in [1.807, 2.05) is 0 Å². The number of anilines is 1. The summed E-state index contributed by atoms with van der Waals surface area (Å²) in [5.74, 6) is -0.381. The lowest BCUT2D eigenvalue weighted by Gasteiger charge is -2.09. The van der Waals surface area contributed by atoms with Gasteiger partial charge in [-0.25, -0.2) is 4.98 Å². The molecule has 8 heteroatoms. The number of rotatable bonds is 3. The SMILES string of the molecule is O=C(Cn1cnc2c(Cl)cc(Cl)cc2c1=O)Nc1cccc(Cl)c1. The normalized spacial score (nSPS) is 10.8. The first-order chi connectivity index (χ1) is 11.4. The Labute approximate surface area is 151 Å². The first-order valence-electron chi connectivity index (χ1n) is 6.83. The summed E-state index contributed by atoms with van der Waals surface area (Å²) in [5, 5.41) is 4.03. The Hall–Kier alpha value is -2.08. The molecule has 3 aromatic rings. The summed E-state index contributed by atoms with van der Waals surface area (Å²) < 4.78 is 1.19. The van der Waals surface area contributed by atoms with Gasteiger partial charge in [0.15, 0.2) is 0 Å². The quantitative estimate of drug-likeness (QED) is 0.745. The molecule has 0 aliphatic rings. The zero-order chi connectivity index (χ0) is 17.3. The summed E-state index contributed by atoms with van der Waals surface area (Å²) in [4.78, 5) is 28.7. The largest absolute Gasteiger partial charge is 0.324 e. The lowest BCUT2D eigenvalue weighted by Crippen LogP contribution is -2.28. The molecule has 0 saturated carbocycles. The molecule has 1 amide bonds. The number of carbonyl (C=O) groups excluding carboxylic acids is 1. The molecule has 5 nitrogen and oxygen atoms in total. The molecule has 0 aliphatic carbocycles. The summed E-state index contributed by atoms with van der Waals surface area (Å²) in [6.07, 6.45) is 1.28. The molecule has 2 aromatic carbocycles. The van der Waals surface area contributed by atoms with Crippen LogP contribution in [0, 0.1) is 0 Å². The minimum atomic E-state index is -0.398. The van der Waals surface area contributed by atoms with Gasteiger partial charge in [-0.3, -0.25) is 14.2 Å². The third kappa shape index (κ3) is 3.53. The Morgan fingerprint density at radius 2 is 1.92 bits per heavy atom. The van der Waals surface area contributed by atoms with Crippen LogP contribution in [0.2, 0.25) is 15.1 Å². The van der Waals surface area contributed by atoms with Gasteiger partial charge in [-0.2, -0.15) is 0 Å². The molecule has 0 unspecified atom stereocenters. The van der Waals surface area contributed by atoms with Crippen molar-refractivity contribution in [2.75, 3.05) is 5.32 Å². The number of amides is 1. The van der Waals surface area contributed by atoms with Crippen molar-refractivity contribution < 1.29 is 4.79 Å². The van der Waals surface area contributed by atoms with Gasteiger partial charge in [-0.15, -0.1) is 0 Å². The Morgan fingerprint density at radius 1 is 1.12 bits per heavy atom. The first-order valence-corrected chi connectivity index (χ1v) is 7.97. The van der Waals surface area contributed by atoms with Gasteiger partial charge in [0, 0.05) is 15.7 Å². The van der Waals surface area contributed by atoms with Crippen molar-refractivity contribution in [1.82, 2.24) is 9.55 Å². The van der Waals surface area contributed by atoms with E-state index in [1.54, 1.807) is 24.3 Å². The average molecular weight is 383 g/mol. The third-order valence-electron chi connectivity index (χ3n) is 3.27. The van der Waals surface area contributed by atoms with Crippen LogP contribution >= 0.6 is 34.8 Å². The van der Waals surface area contributed by atoms with E-state index in [-0.39, 0.29) is 22.9 Å². The second-order valence-corrected chi connectivity index (χ2v) is 6.30. The highest BCUT2D eigenvalue weighted by Crippen LogP contribution is 2.24. The molecule has 3 rings (SSSR count). The molecule has 0 atom stereocenters. The second-order valence-electron chi connectivity index (χ2n) is 5.02. The first kappa shape index (κ1) is 16.8. The van der Waals surface area contributed by atoms with Crippen molar-refractivity contribution in [3.8, 4) is 0 Å². The van der Waals surface area contributed by atoms with Crippen LogP contribution in [0.5, 0.6) is 0 Å². The number of nitrogens with one attached hydrogen (secondary N) is 1. The average Bonchev–Trinajstić information content (AvgIpc) is 2.50. The molecule has 0 fully saturated rings. The van der Waals surface area contributed by atoms with E-state index in [1.165, 1.54) is 23.0 Å². The number of hydrogen-bond donors (Lipinski definition) is 1. The number of carbonyl (C=O) groups is 1. The summed E-state index contributed by atoms with van der Waals surface area (Å²) >= 11 is 17.8. The molecule has 1 heterocycles. The molecular weight excluding hydrogens is 373 g/mol. The number of fused-ring (bicyclic) bond motifs is 1. The van der Waals surface area contributed by atoms with Gasteiger partial charge in [0.05, 0.1) is 22.3 Å². The maximum atomic E-state index is 12.5. The molecular formula is C16H10Cl3N3O2. The van der Waals surface area contributed by atoms with Gasteiger partial charge >= 0.3 is 0 Å². The van der Waals surface area contributed by atoms with Gasteiger partial charge < -0.3 is 5.32 Å². The summed E-state index contributed by atoms with van der Waals surface area (Å²) in [6.45, 7) is -0.196. The smallest absolute Gasteiger partial charge is 0.261 e. The number of benzene rings is 2. The third-order valence-corrected chi connectivity index (χ3v) is 4.01. The van der Waals surface area contributed by atoms with Gasteiger partial charge in [0.25, 0.3) is 5.56 Å². The van der Waals surface area contributed by atoms with E-state index >= 15 is 0 Å². The van der Waals surface area contributed by atoms with E-state index in [4.69, 9.17) is 34.8 Å². The Bertz CT molecular complexity index is 1000. The van der Waals surface area contributed by atoms with Crippen molar-refractivity contribution in [1.29, 1.82) is 0 Å². The van der Waals surface area contributed by atoms with Crippen LogP contribution in [0.15, 0.2) is 47.5 Å². The van der Waals surface area contributed by atoms with Crippen molar-refractivity contribution >= 4 is 57.3 Å². The van der Waals surface area contributed by atoms with Crippen molar-refractivity contribution in [3.05, 3.63) is 68.1 Å². The standard InChI is InChI=1S/C16H10Cl3N3O2/c17-9-2-1-3-11(4-9)21-14(23)7-22-8-20-15-12(16(22)24)5-10(18)6-13(15)19/h1-6,8H,7H2,(H,21,23). The fourth-order valence-electron chi connectivity index (χ4n) is 2.23. The summed E-state index contributed by atoms with van der Waals surface area (Å²) in [6, 6.07) is 9.71. The summed E-state index contributed by atoms with van der Waals surface area (Å²) in [7, 11) is 0. The van der Waals surface area contributed by atoms with E-state index in [2.05, 4.69) is 10.3 Å². The predicted molar refractivity (Wildman–Crippen MR) is 96.1 cm³/mol. The van der Waals surface area contributed by atoms with Crippen LogP contribution in [-0.4, -0.2) is 15.5 Å². The van der Waals surface area contributed by atoms with E-state index in [0.717, 1.165) is 0 Å². The minimum Gasteiger partial charge on any atom is -0.324 e. The molecule has 0 spiro atoms. The van der Waals surface area contributed by atoms with Crippen LogP contribution < -0.4 is 10.9 Å². The number of nitrogens with zero attached hydrogens (tertiary/aromatic N) is 2. The fourth-order valence-corrected chi connectivity index (χ4v) is 2.96. The lowest BCUT2D eigenvalue weighted by atomic mass is 10.2.